The van der Waals surface area contributed by atoms with Crippen LogP contribution in [0.2, 0.25) is 0 Å². The van der Waals surface area contributed by atoms with Gasteiger partial charge in [-0.1, -0.05) is 66.4 Å². The Morgan fingerprint density at radius 1 is 0.938 bits per heavy atom. The summed E-state index contributed by atoms with van der Waals surface area (Å²) < 4.78 is 0. The molecule has 0 heterocycles. The molecule has 0 fully saturated rings. The first-order chi connectivity index (χ1) is 7.52. The van der Waals surface area contributed by atoms with E-state index in [0.717, 1.165) is 17.8 Å². The van der Waals surface area contributed by atoms with Gasteiger partial charge in [-0.05, 0) is 30.1 Å². The van der Waals surface area contributed by atoms with Crippen molar-refractivity contribution >= 4 is 0 Å². The minimum atomic E-state index is 0.697. The molecule has 96 valence electrons. The van der Waals surface area contributed by atoms with Gasteiger partial charge in [-0.2, -0.15) is 0 Å². The molecule has 0 radical (unpaired) electrons. The van der Waals surface area contributed by atoms with Gasteiger partial charge in [0, 0.05) is 0 Å². The first kappa shape index (κ1) is 15.7. The molecule has 4 atom stereocenters. The molecule has 0 aliphatic rings. The van der Waals surface area contributed by atoms with Crippen LogP contribution in [0, 0.1) is 23.7 Å². The van der Waals surface area contributed by atoms with E-state index in [2.05, 4.69) is 47.3 Å². The van der Waals surface area contributed by atoms with Crippen LogP contribution in [0.5, 0.6) is 0 Å². The quantitative estimate of drug-likeness (QED) is 0.349. The van der Waals surface area contributed by atoms with Crippen molar-refractivity contribution < 1.29 is 0 Å². The van der Waals surface area contributed by atoms with Gasteiger partial charge in [-0.25, -0.2) is 0 Å². The van der Waals surface area contributed by atoms with Crippen molar-refractivity contribution in [2.75, 3.05) is 0 Å². The van der Waals surface area contributed by atoms with E-state index >= 15 is 0 Å². The summed E-state index contributed by atoms with van der Waals surface area (Å²) in [5.41, 5.74) is 0. The summed E-state index contributed by atoms with van der Waals surface area (Å²) >= 11 is 0. The fourth-order valence-corrected chi connectivity index (χ4v) is 2.25. The fourth-order valence-electron chi connectivity index (χ4n) is 2.25. The minimum absolute atomic E-state index is 0.697. The summed E-state index contributed by atoms with van der Waals surface area (Å²) in [4.78, 5) is 0. The van der Waals surface area contributed by atoms with E-state index in [1.807, 2.05) is 0 Å². The monoisotopic (exact) mass is 224 g/mol. The standard InChI is InChI=1S/C16H32/c1-7-13(3)11-9-10-12-15(5)16(6)14(4)8-2/h7,13-16H,1,8-12H2,2-6H3. The Morgan fingerprint density at radius 2 is 1.50 bits per heavy atom. The second-order valence-electron chi connectivity index (χ2n) is 5.72. The topological polar surface area (TPSA) is 0 Å². The van der Waals surface area contributed by atoms with Crippen LogP contribution in [-0.2, 0) is 0 Å². The lowest BCUT2D eigenvalue weighted by atomic mass is 9.81. The Kier molecular flexibility index (Phi) is 8.70. The summed E-state index contributed by atoms with van der Waals surface area (Å²) in [5.74, 6) is 3.33. The average molecular weight is 224 g/mol. The highest BCUT2D eigenvalue weighted by molar-refractivity contribution is 4.75. The number of hydrogen-bond acceptors (Lipinski definition) is 0. The molecule has 0 saturated heterocycles. The van der Waals surface area contributed by atoms with Crippen LogP contribution in [0.4, 0.5) is 0 Å². The first-order valence-corrected chi connectivity index (χ1v) is 7.15. The normalized spacial score (nSPS) is 18.8. The Labute approximate surface area is 104 Å². The van der Waals surface area contributed by atoms with E-state index in [4.69, 9.17) is 0 Å². The molecule has 0 amide bonds. The van der Waals surface area contributed by atoms with Gasteiger partial charge in [0.1, 0.15) is 0 Å². The van der Waals surface area contributed by atoms with Crippen LogP contribution >= 0.6 is 0 Å². The lowest BCUT2D eigenvalue weighted by Crippen LogP contribution is -2.16. The van der Waals surface area contributed by atoms with E-state index in [1.165, 1.54) is 32.1 Å². The highest BCUT2D eigenvalue weighted by atomic mass is 14.2. The second kappa shape index (κ2) is 8.84. The predicted octanol–water partition coefficient (Wildman–Crippen LogP) is 5.69. The third-order valence-corrected chi connectivity index (χ3v) is 4.41. The average Bonchev–Trinajstić information content (AvgIpc) is 2.31. The second-order valence-corrected chi connectivity index (χ2v) is 5.72. The van der Waals surface area contributed by atoms with Gasteiger partial charge in [-0.15, -0.1) is 6.58 Å². The Balaban J connectivity index is 3.64. The van der Waals surface area contributed by atoms with Crippen molar-refractivity contribution in [1.29, 1.82) is 0 Å². The van der Waals surface area contributed by atoms with Gasteiger partial charge in [0.15, 0.2) is 0 Å². The van der Waals surface area contributed by atoms with Gasteiger partial charge in [0.2, 0.25) is 0 Å². The van der Waals surface area contributed by atoms with E-state index < -0.39 is 0 Å². The van der Waals surface area contributed by atoms with Gasteiger partial charge in [0.25, 0.3) is 0 Å². The van der Waals surface area contributed by atoms with Crippen molar-refractivity contribution in [1.82, 2.24) is 0 Å². The Hall–Kier alpha value is -0.260. The largest absolute Gasteiger partial charge is 0.103 e. The van der Waals surface area contributed by atoms with Crippen molar-refractivity contribution in [3.8, 4) is 0 Å². The molecule has 0 spiro atoms. The van der Waals surface area contributed by atoms with Crippen LogP contribution in [0.25, 0.3) is 0 Å². The molecule has 0 aliphatic heterocycles. The molecular formula is C16H32. The van der Waals surface area contributed by atoms with Gasteiger partial charge >= 0.3 is 0 Å². The molecule has 0 bridgehead atoms. The molecule has 4 unspecified atom stereocenters. The van der Waals surface area contributed by atoms with Crippen molar-refractivity contribution in [3.05, 3.63) is 12.7 Å². The van der Waals surface area contributed by atoms with E-state index in [1.54, 1.807) is 0 Å². The summed E-state index contributed by atoms with van der Waals surface area (Å²) in [6.45, 7) is 15.6. The van der Waals surface area contributed by atoms with Crippen molar-refractivity contribution in [2.45, 2.75) is 66.7 Å². The zero-order valence-electron chi connectivity index (χ0n) is 12.1. The number of unbranched alkanes of at least 4 members (excludes halogenated alkanes) is 1. The van der Waals surface area contributed by atoms with Crippen LogP contribution < -0.4 is 0 Å². The van der Waals surface area contributed by atoms with Crippen LogP contribution in [-0.4, -0.2) is 0 Å². The molecular weight excluding hydrogens is 192 g/mol. The molecule has 0 aliphatic carbocycles. The first-order valence-electron chi connectivity index (χ1n) is 7.15. The molecule has 0 aromatic heterocycles. The van der Waals surface area contributed by atoms with Crippen LogP contribution in [0.3, 0.4) is 0 Å². The Morgan fingerprint density at radius 3 is 2.00 bits per heavy atom. The van der Waals surface area contributed by atoms with Gasteiger partial charge < -0.3 is 0 Å². The highest BCUT2D eigenvalue weighted by Crippen LogP contribution is 2.27. The van der Waals surface area contributed by atoms with E-state index in [0.29, 0.717) is 5.92 Å². The third-order valence-electron chi connectivity index (χ3n) is 4.41. The van der Waals surface area contributed by atoms with E-state index in [9.17, 15) is 0 Å². The maximum Gasteiger partial charge on any atom is -0.0265 e. The van der Waals surface area contributed by atoms with Crippen LogP contribution in [0.15, 0.2) is 12.7 Å². The predicted molar refractivity (Wildman–Crippen MR) is 75.6 cm³/mol. The smallest absolute Gasteiger partial charge is 0.0265 e. The van der Waals surface area contributed by atoms with Crippen molar-refractivity contribution in [3.63, 3.8) is 0 Å². The maximum atomic E-state index is 3.84. The van der Waals surface area contributed by atoms with E-state index in [-0.39, 0.29) is 0 Å². The molecule has 16 heavy (non-hydrogen) atoms. The summed E-state index contributed by atoms with van der Waals surface area (Å²) in [7, 11) is 0. The molecule has 0 nitrogen and oxygen atoms in total. The van der Waals surface area contributed by atoms with Gasteiger partial charge in [0.05, 0.1) is 0 Å². The number of hydrogen-bond donors (Lipinski definition) is 0. The highest BCUT2D eigenvalue weighted by Gasteiger charge is 2.17. The van der Waals surface area contributed by atoms with Crippen LogP contribution in [0.1, 0.15) is 66.7 Å². The summed E-state index contributed by atoms with van der Waals surface area (Å²) in [5, 5.41) is 0. The maximum absolute atomic E-state index is 3.84. The SMILES string of the molecule is C=CC(C)CCCCC(C)C(C)C(C)CC. The summed E-state index contributed by atoms with van der Waals surface area (Å²) in [6, 6.07) is 0. The fraction of sp³-hybridized carbons (Fsp3) is 0.875. The Bertz CT molecular complexity index is 171. The lowest BCUT2D eigenvalue weighted by molar-refractivity contribution is 0.254. The molecule has 0 aromatic rings. The molecule has 0 heteroatoms. The number of rotatable bonds is 9. The number of allylic oxidation sites excluding steroid dienone is 1. The molecule has 0 N–H and O–H groups in total. The van der Waals surface area contributed by atoms with Crippen molar-refractivity contribution in [2.24, 2.45) is 23.7 Å². The molecule has 0 aromatic carbocycles. The minimum Gasteiger partial charge on any atom is -0.103 e. The summed E-state index contributed by atoms with van der Waals surface area (Å²) in [6.07, 6.45) is 8.86. The molecule has 0 rings (SSSR count). The lowest BCUT2D eigenvalue weighted by Gasteiger charge is -2.25. The van der Waals surface area contributed by atoms with Gasteiger partial charge in [-0.3, -0.25) is 0 Å². The molecule has 0 saturated carbocycles. The zero-order chi connectivity index (χ0) is 12.6. The third kappa shape index (κ3) is 6.35. The zero-order valence-corrected chi connectivity index (χ0v) is 12.1.